The summed E-state index contributed by atoms with van der Waals surface area (Å²) >= 11 is 0. The van der Waals surface area contributed by atoms with Crippen LogP contribution in [0, 0.1) is 0 Å². The maximum atomic E-state index is 5.42. The lowest BCUT2D eigenvalue weighted by Crippen LogP contribution is -2.22. The monoisotopic (exact) mass is 218 g/mol. The topological polar surface area (TPSA) is 33.3 Å². The Hall–Kier alpha value is -1.48. The molecule has 1 aliphatic heterocycles. The first-order valence-electron chi connectivity index (χ1n) is 5.69. The molecule has 0 radical (unpaired) electrons. The average molecular weight is 218 g/mol. The SMILES string of the molecule is CCOc1ccc(CC2=C(C)NNC2)cc1. The fourth-order valence-corrected chi connectivity index (χ4v) is 1.82. The van der Waals surface area contributed by atoms with Gasteiger partial charge < -0.3 is 10.2 Å². The summed E-state index contributed by atoms with van der Waals surface area (Å²) in [5.74, 6) is 0.944. The molecule has 0 saturated heterocycles. The van der Waals surface area contributed by atoms with Crippen molar-refractivity contribution in [1.82, 2.24) is 10.9 Å². The Labute approximate surface area is 96.5 Å². The van der Waals surface area contributed by atoms with Crippen molar-refractivity contribution in [2.45, 2.75) is 20.3 Å². The molecule has 16 heavy (non-hydrogen) atoms. The highest BCUT2D eigenvalue weighted by atomic mass is 16.5. The molecule has 1 aliphatic rings. The summed E-state index contributed by atoms with van der Waals surface area (Å²) in [7, 11) is 0. The number of benzene rings is 1. The third kappa shape index (κ3) is 2.55. The molecule has 0 amide bonds. The van der Waals surface area contributed by atoms with E-state index in [-0.39, 0.29) is 0 Å². The van der Waals surface area contributed by atoms with Crippen molar-refractivity contribution in [3.05, 3.63) is 41.1 Å². The number of hydrogen-bond donors (Lipinski definition) is 2. The van der Waals surface area contributed by atoms with E-state index < -0.39 is 0 Å². The van der Waals surface area contributed by atoms with Crippen LogP contribution in [0.3, 0.4) is 0 Å². The maximum Gasteiger partial charge on any atom is 0.119 e. The van der Waals surface area contributed by atoms with Gasteiger partial charge in [0.25, 0.3) is 0 Å². The number of hydrazine groups is 1. The molecule has 2 rings (SSSR count). The van der Waals surface area contributed by atoms with Crippen molar-refractivity contribution in [2.24, 2.45) is 0 Å². The van der Waals surface area contributed by atoms with Crippen molar-refractivity contribution < 1.29 is 4.74 Å². The highest BCUT2D eigenvalue weighted by Gasteiger charge is 2.09. The maximum absolute atomic E-state index is 5.42. The first-order chi connectivity index (χ1) is 7.79. The minimum Gasteiger partial charge on any atom is -0.494 e. The Morgan fingerprint density at radius 2 is 2.00 bits per heavy atom. The summed E-state index contributed by atoms with van der Waals surface area (Å²) in [6.07, 6.45) is 0.998. The van der Waals surface area contributed by atoms with Gasteiger partial charge in [-0.1, -0.05) is 12.1 Å². The zero-order valence-electron chi connectivity index (χ0n) is 9.84. The normalized spacial score (nSPS) is 15.1. The van der Waals surface area contributed by atoms with Crippen molar-refractivity contribution in [1.29, 1.82) is 0 Å². The molecule has 86 valence electrons. The van der Waals surface area contributed by atoms with Crippen molar-refractivity contribution in [3.8, 4) is 5.75 Å². The molecule has 0 aromatic heterocycles. The van der Waals surface area contributed by atoms with Crippen LogP contribution >= 0.6 is 0 Å². The van der Waals surface area contributed by atoms with E-state index in [2.05, 4.69) is 29.9 Å². The number of rotatable bonds is 4. The molecule has 0 unspecified atom stereocenters. The van der Waals surface area contributed by atoms with Gasteiger partial charge in [-0.05, 0) is 43.5 Å². The first-order valence-corrected chi connectivity index (χ1v) is 5.69. The van der Waals surface area contributed by atoms with Crippen LogP contribution in [0.15, 0.2) is 35.5 Å². The van der Waals surface area contributed by atoms with Crippen LogP contribution in [0.5, 0.6) is 5.75 Å². The molecular weight excluding hydrogens is 200 g/mol. The van der Waals surface area contributed by atoms with E-state index in [4.69, 9.17) is 4.74 Å². The van der Waals surface area contributed by atoms with Gasteiger partial charge in [0.05, 0.1) is 6.61 Å². The van der Waals surface area contributed by atoms with Crippen molar-refractivity contribution in [2.75, 3.05) is 13.2 Å². The highest BCUT2D eigenvalue weighted by Crippen LogP contribution is 2.16. The van der Waals surface area contributed by atoms with Crippen LogP contribution in [0.4, 0.5) is 0 Å². The average Bonchev–Trinajstić information content (AvgIpc) is 2.68. The van der Waals surface area contributed by atoms with Gasteiger partial charge in [-0.3, -0.25) is 0 Å². The second kappa shape index (κ2) is 5.03. The summed E-state index contributed by atoms with van der Waals surface area (Å²) < 4.78 is 5.42. The molecule has 3 nitrogen and oxygen atoms in total. The third-order valence-corrected chi connectivity index (χ3v) is 2.76. The van der Waals surface area contributed by atoms with Gasteiger partial charge in [0.2, 0.25) is 0 Å². The zero-order valence-corrected chi connectivity index (χ0v) is 9.84. The quantitative estimate of drug-likeness (QED) is 0.811. The van der Waals surface area contributed by atoms with E-state index >= 15 is 0 Å². The molecule has 1 aromatic rings. The van der Waals surface area contributed by atoms with Gasteiger partial charge in [0.1, 0.15) is 5.75 Å². The largest absolute Gasteiger partial charge is 0.494 e. The standard InChI is InChI=1S/C13H18N2O/c1-3-16-13-6-4-11(5-7-13)8-12-9-14-15-10(12)2/h4-7,14-15H,3,8-9H2,1-2H3. The summed E-state index contributed by atoms with van der Waals surface area (Å²) in [6.45, 7) is 5.75. The van der Waals surface area contributed by atoms with Crippen molar-refractivity contribution >= 4 is 0 Å². The lowest BCUT2D eigenvalue weighted by atomic mass is 10.0. The number of ether oxygens (including phenoxy) is 1. The van der Waals surface area contributed by atoms with Gasteiger partial charge in [0, 0.05) is 12.2 Å². The van der Waals surface area contributed by atoms with Crippen LogP contribution in [0.1, 0.15) is 19.4 Å². The number of nitrogens with one attached hydrogen (secondary N) is 2. The number of allylic oxidation sites excluding steroid dienone is 1. The van der Waals surface area contributed by atoms with E-state index in [0.29, 0.717) is 0 Å². The number of hydrogen-bond acceptors (Lipinski definition) is 3. The summed E-state index contributed by atoms with van der Waals surface area (Å²) in [5.41, 5.74) is 10.2. The lowest BCUT2D eigenvalue weighted by Gasteiger charge is -2.05. The van der Waals surface area contributed by atoms with E-state index in [1.54, 1.807) is 0 Å². The van der Waals surface area contributed by atoms with E-state index in [0.717, 1.165) is 25.3 Å². The molecule has 1 aromatic carbocycles. The van der Waals surface area contributed by atoms with Crippen LogP contribution < -0.4 is 15.6 Å². The van der Waals surface area contributed by atoms with Crippen LogP contribution in [0.25, 0.3) is 0 Å². The minimum absolute atomic E-state index is 0.720. The predicted octanol–water partition coefficient (Wildman–Crippen LogP) is 2.01. The smallest absolute Gasteiger partial charge is 0.119 e. The Kier molecular flexibility index (Phi) is 3.47. The third-order valence-electron chi connectivity index (χ3n) is 2.76. The van der Waals surface area contributed by atoms with E-state index in [1.807, 2.05) is 19.1 Å². The van der Waals surface area contributed by atoms with Gasteiger partial charge in [-0.15, -0.1) is 0 Å². The fourth-order valence-electron chi connectivity index (χ4n) is 1.82. The molecule has 0 aliphatic carbocycles. The lowest BCUT2D eigenvalue weighted by molar-refractivity contribution is 0.340. The molecule has 3 heteroatoms. The second-order valence-corrected chi connectivity index (χ2v) is 3.96. The van der Waals surface area contributed by atoms with Crippen molar-refractivity contribution in [3.63, 3.8) is 0 Å². The summed E-state index contributed by atoms with van der Waals surface area (Å²) in [4.78, 5) is 0. The second-order valence-electron chi connectivity index (χ2n) is 3.96. The Balaban J connectivity index is 2.02. The van der Waals surface area contributed by atoms with Crippen LogP contribution in [0.2, 0.25) is 0 Å². The fraction of sp³-hybridized carbons (Fsp3) is 0.385. The Morgan fingerprint density at radius 1 is 1.25 bits per heavy atom. The molecule has 0 fully saturated rings. The summed E-state index contributed by atoms with van der Waals surface area (Å²) in [6, 6.07) is 8.32. The summed E-state index contributed by atoms with van der Waals surface area (Å²) in [5, 5.41) is 0. The molecule has 2 N–H and O–H groups in total. The molecule has 0 saturated carbocycles. The molecule has 0 bridgehead atoms. The first kappa shape index (κ1) is 11.0. The van der Waals surface area contributed by atoms with E-state index in [9.17, 15) is 0 Å². The Morgan fingerprint density at radius 3 is 2.56 bits per heavy atom. The molecular formula is C13H18N2O. The van der Waals surface area contributed by atoms with Gasteiger partial charge in [-0.25, -0.2) is 5.43 Å². The van der Waals surface area contributed by atoms with Gasteiger partial charge >= 0.3 is 0 Å². The predicted molar refractivity (Wildman–Crippen MR) is 65.2 cm³/mol. The minimum atomic E-state index is 0.720. The molecule has 0 atom stereocenters. The van der Waals surface area contributed by atoms with Crippen LogP contribution in [-0.4, -0.2) is 13.2 Å². The van der Waals surface area contributed by atoms with Gasteiger partial charge in [-0.2, -0.15) is 0 Å². The highest BCUT2D eigenvalue weighted by molar-refractivity contribution is 5.31. The molecule has 0 spiro atoms. The molecule has 1 heterocycles. The zero-order chi connectivity index (χ0) is 11.4. The van der Waals surface area contributed by atoms with Gasteiger partial charge in [0.15, 0.2) is 0 Å². The van der Waals surface area contributed by atoms with E-state index in [1.165, 1.54) is 16.8 Å². The Bertz CT molecular complexity index is 381. The van der Waals surface area contributed by atoms with Crippen LogP contribution in [-0.2, 0) is 6.42 Å².